The molecule has 2 aliphatic rings. The SMILES string of the molecule is O=C(CCCCCNC(=O)OCC1c2ccccc2-c2ccccc21)N[C@H]1CCC[C@@H](C(=O)O)C1. The van der Waals surface area contributed by atoms with E-state index in [-0.39, 0.29) is 23.8 Å². The van der Waals surface area contributed by atoms with Crippen molar-refractivity contribution in [2.75, 3.05) is 13.2 Å². The Morgan fingerprint density at radius 1 is 0.914 bits per heavy atom. The second-order valence-electron chi connectivity index (χ2n) is 9.53. The molecule has 0 aromatic heterocycles. The van der Waals surface area contributed by atoms with E-state index in [1.54, 1.807) is 0 Å². The molecule has 2 atom stereocenters. The predicted molar refractivity (Wildman–Crippen MR) is 133 cm³/mol. The molecule has 0 unspecified atom stereocenters. The highest BCUT2D eigenvalue weighted by atomic mass is 16.5. The van der Waals surface area contributed by atoms with Crippen LogP contribution >= 0.6 is 0 Å². The number of aliphatic carboxylic acids is 1. The average molecular weight is 479 g/mol. The maximum Gasteiger partial charge on any atom is 0.407 e. The highest BCUT2D eigenvalue weighted by Crippen LogP contribution is 2.44. The molecule has 0 aliphatic heterocycles. The lowest BCUT2D eigenvalue weighted by molar-refractivity contribution is -0.143. The van der Waals surface area contributed by atoms with E-state index in [1.165, 1.54) is 22.3 Å². The summed E-state index contributed by atoms with van der Waals surface area (Å²) in [5.74, 6) is -1.10. The third-order valence-corrected chi connectivity index (χ3v) is 7.08. The first kappa shape index (κ1) is 24.8. The van der Waals surface area contributed by atoms with Crippen LogP contribution in [0, 0.1) is 5.92 Å². The molecule has 0 heterocycles. The molecule has 2 aliphatic carbocycles. The van der Waals surface area contributed by atoms with E-state index in [0.29, 0.717) is 32.4 Å². The van der Waals surface area contributed by atoms with Crippen molar-refractivity contribution in [1.29, 1.82) is 0 Å². The number of fused-ring (bicyclic) bond motifs is 3. The maximum atomic E-state index is 12.2. The lowest BCUT2D eigenvalue weighted by atomic mass is 9.86. The van der Waals surface area contributed by atoms with Gasteiger partial charge in [0.05, 0.1) is 5.92 Å². The van der Waals surface area contributed by atoms with Gasteiger partial charge in [-0.3, -0.25) is 9.59 Å². The minimum atomic E-state index is -0.771. The normalized spacial score (nSPS) is 18.9. The van der Waals surface area contributed by atoms with Crippen LogP contribution in [0.3, 0.4) is 0 Å². The van der Waals surface area contributed by atoms with Crippen molar-refractivity contribution in [3.8, 4) is 11.1 Å². The summed E-state index contributed by atoms with van der Waals surface area (Å²) in [6, 6.07) is 16.5. The first-order chi connectivity index (χ1) is 17.0. The Morgan fingerprint density at radius 2 is 1.60 bits per heavy atom. The largest absolute Gasteiger partial charge is 0.481 e. The van der Waals surface area contributed by atoms with Gasteiger partial charge in [0.15, 0.2) is 0 Å². The maximum absolute atomic E-state index is 12.2. The van der Waals surface area contributed by atoms with Crippen LogP contribution in [0.5, 0.6) is 0 Å². The molecule has 0 radical (unpaired) electrons. The number of carboxylic acid groups (broad SMARTS) is 1. The van der Waals surface area contributed by atoms with Gasteiger partial charge in [0.25, 0.3) is 0 Å². The molecule has 2 aromatic carbocycles. The van der Waals surface area contributed by atoms with Crippen molar-refractivity contribution in [1.82, 2.24) is 10.6 Å². The second-order valence-corrected chi connectivity index (χ2v) is 9.53. The summed E-state index contributed by atoms with van der Waals surface area (Å²) >= 11 is 0. The van der Waals surface area contributed by atoms with Crippen molar-refractivity contribution < 1.29 is 24.2 Å². The molecule has 2 amide bonds. The fraction of sp³-hybridized carbons (Fsp3) is 0.464. The number of hydrogen-bond acceptors (Lipinski definition) is 4. The minimum absolute atomic E-state index is 0.0227. The van der Waals surface area contributed by atoms with E-state index < -0.39 is 12.1 Å². The summed E-state index contributed by atoms with van der Waals surface area (Å²) in [4.78, 5) is 35.5. The predicted octanol–water partition coefficient (Wildman–Crippen LogP) is 4.85. The summed E-state index contributed by atoms with van der Waals surface area (Å²) in [7, 11) is 0. The van der Waals surface area contributed by atoms with Gasteiger partial charge in [-0.05, 0) is 54.4 Å². The Balaban J connectivity index is 1.10. The van der Waals surface area contributed by atoms with E-state index in [4.69, 9.17) is 9.84 Å². The quantitative estimate of drug-likeness (QED) is 0.424. The highest BCUT2D eigenvalue weighted by Gasteiger charge is 2.29. The van der Waals surface area contributed by atoms with Gasteiger partial charge in [-0.15, -0.1) is 0 Å². The lowest BCUT2D eigenvalue weighted by Gasteiger charge is -2.27. The molecule has 186 valence electrons. The Bertz CT molecular complexity index is 1010. The number of carboxylic acids is 1. The zero-order valence-electron chi connectivity index (χ0n) is 20.0. The van der Waals surface area contributed by atoms with Crippen molar-refractivity contribution in [3.63, 3.8) is 0 Å². The number of ether oxygens (including phenoxy) is 1. The molecule has 35 heavy (non-hydrogen) atoms. The number of benzene rings is 2. The zero-order valence-corrected chi connectivity index (χ0v) is 20.0. The van der Waals surface area contributed by atoms with Crippen LogP contribution in [0.25, 0.3) is 11.1 Å². The Hall–Kier alpha value is -3.35. The molecule has 1 fully saturated rings. The fourth-order valence-electron chi connectivity index (χ4n) is 5.27. The summed E-state index contributed by atoms with van der Waals surface area (Å²) in [6.07, 6.45) is 5.20. The first-order valence-corrected chi connectivity index (χ1v) is 12.6. The molecular weight excluding hydrogens is 444 g/mol. The van der Waals surface area contributed by atoms with Crippen LogP contribution in [0.2, 0.25) is 0 Å². The Labute approximate surface area is 206 Å². The first-order valence-electron chi connectivity index (χ1n) is 12.6. The van der Waals surface area contributed by atoms with E-state index in [2.05, 4.69) is 34.9 Å². The molecule has 2 aromatic rings. The van der Waals surface area contributed by atoms with Crippen molar-refractivity contribution in [3.05, 3.63) is 59.7 Å². The third-order valence-electron chi connectivity index (χ3n) is 7.08. The van der Waals surface area contributed by atoms with E-state index >= 15 is 0 Å². The number of rotatable bonds is 10. The molecule has 0 spiro atoms. The Kier molecular flexibility index (Phi) is 8.40. The second kappa shape index (κ2) is 11.9. The van der Waals surface area contributed by atoms with E-state index in [9.17, 15) is 14.4 Å². The number of alkyl carbamates (subject to hydrolysis) is 1. The molecule has 4 rings (SSSR count). The zero-order chi connectivity index (χ0) is 24.6. The van der Waals surface area contributed by atoms with Crippen molar-refractivity contribution >= 4 is 18.0 Å². The summed E-state index contributed by atoms with van der Waals surface area (Å²) in [5.41, 5.74) is 4.77. The van der Waals surface area contributed by atoms with Crippen LogP contribution < -0.4 is 10.6 Å². The lowest BCUT2D eigenvalue weighted by Crippen LogP contribution is -2.39. The number of amides is 2. The van der Waals surface area contributed by atoms with Crippen LogP contribution in [0.15, 0.2) is 48.5 Å². The third kappa shape index (κ3) is 6.41. The van der Waals surface area contributed by atoms with Gasteiger partial charge in [-0.2, -0.15) is 0 Å². The molecule has 0 saturated heterocycles. The Morgan fingerprint density at radius 3 is 2.29 bits per heavy atom. The minimum Gasteiger partial charge on any atom is -0.481 e. The van der Waals surface area contributed by atoms with Gasteiger partial charge in [0, 0.05) is 24.9 Å². The van der Waals surface area contributed by atoms with Gasteiger partial charge < -0.3 is 20.5 Å². The van der Waals surface area contributed by atoms with Crippen LogP contribution in [-0.2, 0) is 14.3 Å². The number of hydrogen-bond donors (Lipinski definition) is 3. The topological polar surface area (TPSA) is 105 Å². The monoisotopic (exact) mass is 478 g/mol. The fourth-order valence-corrected chi connectivity index (χ4v) is 5.27. The van der Waals surface area contributed by atoms with Crippen LogP contribution in [0.1, 0.15) is 68.4 Å². The summed E-state index contributed by atoms with van der Waals surface area (Å²) < 4.78 is 5.54. The van der Waals surface area contributed by atoms with Gasteiger partial charge in [0.1, 0.15) is 6.61 Å². The molecule has 1 saturated carbocycles. The van der Waals surface area contributed by atoms with E-state index in [0.717, 1.165) is 32.1 Å². The standard InChI is InChI=1S/C28H34N2O5/c31-26(30-20-10-8-9-19(17-20)27(32)33)15-2-1-7-16-29-28(34)35-18-25-23-13-5-3-11-21(23)22-12-4-6-14-24(22)25/h3-6,11-14,19-20,25H,1-2,7-10,15-18H2,(H,29,34)(H,30,31)(H,32,33)/t19-,20+/m1/s1. The highest BCUT2D eigenvalue weighted by molar-refractivity contribution is 5.79. The van der Waals surface area contributed by atoms with Gasteiger partial charge in [-0.25, -0.2) is 4.79 Å². The number of unbranched alkanes of at least 4 members (excludes halogenated alkanes) is 2. The summed E-state index contributed by atoms with van der Waals surface area (Å²) in [6.45, 7) is 0.797. The van der Waals surface area contributed by atoms with Gasteiger partial charge in [0.2, 0.25) is 5.91 Å². The van der Waals surface area contributed by atoms with Crippen molar-refractivity contribution in [2.24, 2.45) is 5.92 Å². The van der Waals surface area contributed by atoms with Gasteiger partial charge >= 0.3 is 12.1 Å². The van der Waals surface area contributed by atoms with E-state index in [1.807, 2.05) is 24.3 Å². The molecule has 7 heteroatoms. The van der Waals surface area contributed by atoms with Crippen LogP contribution in [0.4, 0.5) is 4.79 Å². The summed E-state index contributed by atoms with van der Waals surface area (Å²) in [5, 5.41) is 15.0. The molecular formula is C28H34N2O5. The van der Waals surface area contributed by atoms with Crippen LogP contribution in [-0.4, -0.2) is 42.3 Å². The number of nitrogens with one attached hydrogen (secondary N) is 2. The average Bonchev–Trinajstić information content (AvgIpc) is 3.18. The molecule has 3 N–H and O–H groups in total. The van der Waals surface area contributed by atoms with Gasteiger partial charge in [-0.1, -0.05) is 61.4 Å². The number of carbonyl (C=O) groups excluding carboxylic acids is 2. The molecule has 0 bridgehead atoms. The van der Waals surface area contributed by atoms with Crippen molar-refractivity contribution in [2.45, 2.75) is 63.3 Å². The number of carbonyl (C=O) groups is 3. The molecule has 7 nitrogen and oxygen atoms in total. The smallest absolute Gasteiger partial charge is 0.407 e.